The second-order valence-corrected chi connectivity index (χ2v) is 3.94. The van der Waals surface area contributed by atoms with Gasteiger partial charge in [-0.25, -0.2) is 0 Å². The first-order valence-corrected chi connectivity index (χ1v) is 4.53. The first-order valence-electron chi connectivity index (χ1n) is 2.84. The van der Waals surface area contributed by atoms with Crippen molar-refractivity contribution < 1.29 is 0 Å². The van der Waals surface area contributed by atoms with Gasteiger partial charge in [0.2, 0.25) is 0 Å². The molecule has 2 aromatic heterocycles. The van der Waals surface area contributed by atoms with E-state index < -0.39 is 0 Å². The van der Waals surface area contributed by atoms with Gasteiger partial charge in [0, 0.05) is 9.40 Å². The number of rotatable bonds is 0. The number of hydrogen-bond acceptors (Lipinski definition) is 2. The Bertz CT molecular complexity index is 358. The maximum atomic E-state index is 5.24. The van der Waals surface area contributed by atoms with Gasteiger partial charge in [-0.15, -0.1) is 29.1 Å². The van der Waals surface area contributed by atoms with Crippen LogP contribution in [0.25, 0.3) is 9.40 Å². The van der Waals surface area contributed by atoms with Gasteiger partial charge >= 0.3 is 0 Å². The summed E-state index contributed by atoms with van der Waals surface area (Å²) in [5.41, 5.74) is 0. The molecule has 0 unspecified atom stereocenters. The lowest BCUT2D eigenvalue weighted by Gasteiger charge is -1.70. The summed E-state index contributed by atoms with van der Waals surface area (Å²) in [6.45, 7) is 0. The van der Waals surface area contributed by atoms with E-state index >= 15 is 0 Å². The molecule has 0 atom stereocenters. The number of thiophene rings is 2. The number of hydrogen-bond donors (Lipinski definition) is 0. The summed E-state index contributed by atoms with van der Waals surface area (Å²) in [5, 5.41) is 2.08. The fraction of sp³-hybridized carbons (Fsp3) is 0. The van der Waals surface area contributed by atoms with Crippen molar-refractivity contribution in [2.45, 2.75) is 0 Å². The van der Waals surface area contributed by atoms with E-state index in [2.05, 4.69) is 23.4 Å². The van der Waals surface area contributed by atoms with Gasteiger partial charge in [0.1, 0.15) is 0 Å². The minimum Gasteiger partial charge on any atom is -0.143 e. The average molecular weight is 164 g/mol. The lowest BCUT2D eigenvalue weighted by Crippen LogP contribution is -1.51. The fourth-order valence-corrected chi connectivity index (χ4v) is 2.76. The Labute approximate surface area is 67.1 Å². The highest BCUT2D eigenvalue weighted by atomic mass is 32.1. The van der Waals surface area contributed by atoms with Crippen LogP contribution in [0, 0.1) is 12.3 Å². The molecular formula is C8H4S2. The van der Waals surface area contributed by atoms with Gasteiger partial charge < -0.3 is 0 Å². The zero-order chi connectivity index (χ0) is 6.97. The maximum Gasteiger partial charge on any atom is 0.0786 e. The fourth-order valence-electron chi connectivity index (χ4n) is 0.837. The van der Waals surface area contributed by atoms with E-state index in [1.807, 2.05) is 0 Å². The third-order valence-corrected chi connectivity index (χ3v) is 3.31. The molecule has 0 aromatic carbocycles. The van der Waals surface area contributed by atoms with E-state index in [0.29, 0.717) is 0 Å². The molecule has 0 spiro atoms. The Morgan fingerprint density at radius 2 is 2.30 bits per heavy atom. The molecule has 0 aliphatic carbocycles. The van der Waals surface area contributed by atoms with Crippen LogP contribution >= 0.6 is 22.7 Å². The molecule has 0 aliphatic heterocycles. The van der Waals surface area contributed by atoms with Crippen LogP contribution in [0.5, 0.6) is 0 Å². The zero-order valence-corrected chi connectivity index (χ0v) is 6.76. The van der Waals surface area contributed by atoms with E-state index in [0.717, 1.165) is 4.88 Å². The van der Waals surface area contributed by atoms with Crippen LogP contribution in [0.4, 0.5) is 0 Å². The molecule has 0 N–H and O–H groups in total. The quantitative estimate of drug-likeness (QED) is 0.525. The molecule has 2 heteroatoms. The summed E-state index contributed by atoms with van der Waals surface area (Å²) < 4.78 is 2.61. The third-order valence-electron chi connectivity index (χ3n) is 1.28. The number of terminal acetylenes is 1. The van der Waals surface area contributed by atoms with E-state index in [-0.39, 0.29) is 0 Å². The summed E-state index contributed by atoms with van der Waals surface area (Å²) in [4.78, 5) is 1.03. The molecule has 0 bridgehead atoms. The van der Waals surface area contributed by atoms with Crippen LogP contribution in [0.2, 0.25) is 0 Å². The largest absolute Gasteiger partial charge is 0.143 e. The minimum atomic E-state index is 1.03. The van der Waals surface area contributed by atoms with Crippen LogP contribution < -0.4 is 0 Å². The van der Waals surface area contributed by atoms with Crippen molar-refractivity contribution in [2.75, 3.05) is 0 Å². The highest BCUT2D eigenvalue weighted by molar-refractivity contribution is 7.27. The molecule has 0 amide bonds. The van der Waals surface area contributed by atoms with E-state index in [1.165, 1.54) is 9.40 Å². The van der Waals surface area contributed by atoms with Gasteiger partial charge in [0.05, 0.1) is 4.88 Å². The molecule has 0 saturated carbocycles. The highest BCUT2D eigenvalue weighted by Gasteiger charge is 1.98. The maximum absolute atomic E-state index is 5.24. The SMILES string of the molecule is C#Cc1cc2sccc2s1. The highest BCUT2D eigenvalue weighted by Crippen LogP contribution is 2.28. The van der Waals surface area contributed by atoms with Gasteiger partial charge in [0.25, 0.3) is 0 Å². The molecule has 2 heterocycles. The second-order valence-electron chi connectivity index (χ2n) is 1.90. The molecule has 0 saturated heterocycles. The molecule has 0 aliphatic rings. The van der Waals surface area contributed by atoms with E-state index in [1.54, 1.807) is 22.7 Å². The van der Waals surface area contributed by atoms with Crippen molar-refractivity contribution in [2.24, 2.45) is 0 Å². The molecule has 48 valence electrons. The normalized spacial score (nSPS) is 9.90. The van der Waals surface area contributed by atoms with Crippen molar-refractivity contribution in [3.63, 3.8) is 0 Å². The van der Waals surface area contributed by atoms with Crippen LogP contribution in [0.3, 0.4) is 0 Å². The Kier molecular flexibility index (Phi) is 1.26. The summed E-state index contributed by atoms with van der Waals surface area (Å²) in [6, 6.07) is 4.16. The van der Waals surface area contributed by atoms with Crippen LogP contribution in [0.15, 0.2) is 17.5 Å². The Hall–Kier alpha value is -0.780. The summed E-state index contributed by atoms with van der Waals surface area (Å²) in [6.07, 6.45) is 5.24. The molecule has 2 rings (SSSR count). The molecule has 10 heavy (non-hydrogen) atoms. The predicted molar refractivity (Wildman–Crippen MR) is 47.6 cm³/mol. The Morgan fingerprint density at radius 3 is 3.00 bits per heavy atom. The molecular weight excluding hydrogens is 160 g/mol. The Balaban J connectivity index is 2.81. The monoisotopic (exact) mass is 164 g/mol. The number of fused-ring (bicyclic) bond motifs is 1. The molecule has 2 aromatic rings. The smallest absolute Gasteiger partial charge is 0.0786 e. The van der Waals surface area contributed by atoms with Crippen molar-refractivity contribution in [1.29, 1.82) is 0 Å². The van der Waals surface area contributed by atoms with Crippen molar-refractivity contribution >= 4 is 32.1 Å². The average Bonchev–Trinajstić information content (AvgIpc) is 2.42. The predicted octanol–water partition coefficient (Wildman–Crippen LogP) is 2.94. The third kappa shape index (κ3) is 0.756. The van der Waals surface area contributed by atoms with E-state index in [9.17, 15) is 0 Å². The van der Waals surface area contributed by atoms with Crippen LogP contribution in [-0.2, 0) is 0 Å². The van der Waals surface area contributed by atoms with Gasteiger partial charge in [-0.1, -0.05) is 5.92 Å². The van der Waals surface area contributed by atoms with Gasteiger partial charge in [-0.05, 0) is 17.5 Å². The van der Waals surface area contributed by atoms with Crippen molar-refractivity contribution in [3.05, 3.63) is 22.4 Å². The van der Waals surface area contributed by atoms with Gasteiger partial charge in [-0.2, -0.15) is 0 Å². The van der Waals surface area contributed by atoms with Gasteiger partial charge in [-0.3, -0.25) is 0 Å². The van der Waals surface area contributed by atoms with Crippen LogP contribution in [0.1, 0.15) is 4.88 Å². The molecule has 0 fully saturated rings. The summed E-state index contributed by atoms with van der Waals surface area (Å²) in [7, 11) is 0. The lowest BCUT2D eigenvalue weighted by molar-refractivity contribution is 2.06. The first kappa shape index (κ1) is 5.96. The second kappa shape index (κ2) is 2.12. The van der Waals surface area contributed by atoms with Crippen molar-refractivity contribution in [3.8, 4) is 12.3 Å². The summed E-state index contributed by atoms with van der Waals surface area (Å²) >= 11 is 3.42. The zero-order valence-electron chi connectivity index (χ0n) is 5.13. The van der Waals surface area contributed by atoms with E-state index in [4.69, 9.17) is 6.42 Å². The van der Waals surface area contributed by atoms with Crippen LogP contribution in [-0.4, -0.2) is 0 Å². The van der Waals surface area contributed by atoms with Gasteiger partial charge in [0.15, 0.2) is 0 Å². The topological polar surface area (TPSA) is 0 Å². The summed E-state index contributed by atoms with van der Waals surface area (Å²) in [5.74, 6) is 2.63. The lowest BCUT2D eigenvalue weighted by atomic mass is 10.4. The Morgan fingerprint density at radius 1 is 1.40 bits per heavy atom. The standard InChI is InChI=1S/C8H4S2/c1-2-6-5-8-7(10-6)3-4-9-8/h1,3-5H. The minimum absolute atomic E-state index is 1.03. The first-order chi connectivity index (χ1) is 4.90. The molecule has 0 nitrogen and oxygen atoms in total. The van der Waals surface area contributed by atoms with Crippen molar-refractivity contribution in [1.82, 2.24) is 0 Å². The molecule has 0 radical (unpaired) electrons.